The molecule has 0 aromatic heterocycles. The number of amides is 2. The van der Waals surface area contributed by atoms with Crippen molar-refractivity contribution in [2.45, 2.75) is 77.8 Å². The van der Waals surface area contributed by atoms with Gasteiger partial charge >= 0.3 is 6.03 Å². The van der Waals surface area contributed by atoms with Crippen LogP contribution < -0.4 is 10.6 Å². The molecule has 0 unspecified atom stereocenters. The van der Waals surface area contributed by atoms with Gasteiger partial charge in [-0.25, -0.2) is 4.79 Å². The molecular formula is C22H37N3O. The molecule has 0 radical (unpaired) electrons. The molecule has 0 saturated heterocycles. The largest absolute Gasteiger partial charge is 0.325 e. The summed E-state index contributed by atoms with van der Waals surface area (Å²) in [4.78, 5) is 14.4. The molecule has 26 heavy (non-hydrogen) atoms. The third-order valence-corrected chi connectivity index (χ3v) is 5.79. The van der Waals surface area contributed by atoms with Crippen LogP contribution in [0.5, 0.6) is 0 Å². The third-order valence-electron chi connectivity index (χ3n) is 5.79. The van der Waals surface area contributed by atoms with E-state index in [0.29, 0.717) is 17.5 Å². The second-order valence-corrected chi connectivity index (χ2v) is 8.62. The molecular weight excluding hydrogens is 322 g/mol. The van der Waals surface area contributed by atoms with Crippen LogP contribution in [0.15, 0.2) is 24.3 Å². The van der Waals surface area contributed by atoms with E-state index in [1.807, 2.05) is 31.1 Å². The predicted octanol–water partition coefficient (Wildman–Crippen LogP) is 5.05. The first-order valence-electron chi connectivity index (χ1n) is 10.1. The summed E-state index contributed by atoms with van der Waals surface area (Å²) in [7, 11) is 3.94. The zero-order chi connectivity index (χ0) is 19.2. The molecule has 1 aliphatic carbocycles. The molecule has 0 bridgehead atoms. The third kappa shape index (κ3) is 6.01. The smallest absolute Gasteiger partial charge is 0.321 e. The minimum Gasteiger partial charge on any atom is -0.325 e. The van der Waals surface area contributed by atoms with Crippen molar-refractivity contribution in [3.05, 3.63) is 29.8 Å². The average molecular weight is 360 g/mol. The Hall–Kier alpha value is -1.55. The van der Waals surface area contributed by atoms with Crippen molar-refractivity contribution in [2.24, 2.45) is 5.41 Å². The minimum atomic E-state index is -0.00281. The van der Waals surface area contributed by atoms with Gasteiger partial charge in [0.15, 0.2) is 0 Å². The Morgan fingerprint density at radius 2 is 1.77 bits per heavy atom. The lowest BCUT2D eigenvalue weighted by Gasteiger charge is -2.34. The molecule has 4 nitrogen and oxygen atoms in total. The van der Waals surface area contributed by atoms with Crippen LogP contribution >= 0.6 is 0 Å². The van der Waals surface area contributed by atoms with Crippen LogP contribution in [0.4, 0.5) is 10.5 Å². The summed E-state index contributed by atoms with van der Waals surface area (Å²) in [6, 6.07) is 9.29. The van der Waals surface area contributed by atoms with E-state index in [0.717, 1.165) is 37.8 Å². The molecule has 1 aromatic rings. The first kappa shape index (κ1) is 20.8. The highest BCUT2D eigenvalue weighted by Crippen LogP contribution is 2.28. The van der Waals surface area contributed by atoms with Gasteiger partial charge in [-0.3, -0.25) is 0 Å². The summed E-state index contributed by atoms with van der Waals surface area (Å²) >= 11 is 0. The van der Waals surface area contributed by atoms with Gasteiger partial charge in [-0.05, 0) is 68.7 Å². The Labute approximate surface area is 159 Å². The number of hydrogen-bond acceptors (Lipinski definition) is 2. The van der Waals surface area contributed by atoms with Gasteiger partial charge in [0.2, 0.25) is 0 Å². The molecule has 1 fully saturated rings. The number of anilines is 1. The Morgan fingerprint density at radius 3 is 2.31 bits per heavy atom. The van der Waals surface area contributed by atoms with Gasteiger partial charge in [0.05, 0.1) is 0 Å². The van der Waals surface area contributed by atoms with Crippen LogP contribution in [0, 0.1) is 5.41 Å². The lowest BCUT2D eigenvalue weighted by Crippen LogP contribution is -2.44. The summed E-state index contributed by atoms with van der Waals surface area (Å²) in [5.74, 6) is 0. The van der Waals surface area contributed by atoms with Gasteiger partial charge in [0, 0.05) is 24.8 Å². The minimum absolute atomic E-state index is 0.00281. The zero-order valence-corrected chi connectivity index (χ0v) is 17.3. The molecule has 2 N–H and O–H groups in total. The van der Waals surface area contributed by atoms with E-state index in [4.69, 9.17) is 0 Å². The van der Waals surface area contributed by atoms with Crippen LogP contribution in [-0.2, 0) is 6.42 Å². The highest BCUT2D eigenvalue weighted by Gasteiger charge is 2.26. The number of benzene rings is 1. The van der Waals surface area contributed by atoms with Crippen LogP contribution in [0.25, 0.3) is 0 Å². The number of nitrogens with zero attached hydrogens (tertiary/aromatic N) is 1. The van der Waals surface area contributed by atoms with Gasteiger partial charge in [-0.1, -0.05) is 39.3 Å². The highest BCUT2D eigenvalue weighted by molar-refractivity contribution is 5.89. The number of rotatable bonds is 7. The van der Waals surface area contributed by atoms with Crippen molar-refractivity contribution in [2.75, 3.05) is 19.4 Å². The molecule has 0 spiro atoms. The van der Waals surface area contributed by atoms with E-state index < -0.39 is 0 Å². The topological polar surface area (TPSA) is 44.4 Å². The van der Waals surface area contributed by atoms with Crippen molar-refractivity contribution in [1.82, 2.24) is 10.2 Å². The maximum Gasteiger partial charge on any atom is 0.321 e. The van der Waals surface area contributed by atoms with Crippen molar-refractivity contribution >= 4 is 11.7 Å². The standard InChI is InChI=1S/C22H37N3O/c1-6-15-22(2,3)16-17-7-9-19(10-8-17)24-21(26)25(5)20-13-11-18(23-4)12-14-20/h7-10,18,20,23H,6,11-16H2,1-5H3,(H,24,26). The maximum absolute atomic E-state index is 12.6. The highest BCUT2D eigenvalue weighted by atomic mass is 16.2. The van der Waals surface area contributed by atoms with E-state index in [9.17, 15) is 4.79 Å². The fourth-order valence-electron chi connectivity index (χ4n) is 4.15. The quantitative estimate of drug-likeness (QED) is 0.715. The van der Waals surface area contributed by atoms with Crippen molar-refractivity contribution in [3.8, 4) is 0 Å². The van der Waals surface area contributed by atoms with Crippen molar-refractivity contribution in [1.29, 1.82) is 0 Å². The SMILES string of the molecule is CCCC(C)(C)Cc1ccc(NC(=O)N(C)C2CCC(NC)CC2)cc1. The summed E-state index contributed by atoms with van der Waals surface area (Å²) < 4.78 is 0. The normalized spacial score (nSPS) is 20.7. The second-order valence-electron chi connectivity index (χ2n) is 8.62. The predicted molar refractivity (Wildman–Crippen MR) is 111 cm³/mol. The number of carbonyl (C=O) groups excluding carboxylic acids is 1. The van der Waals surface area contributed by atoms with E-state index in [-0.39, 0.29) is 6.03 Å². The number of hydrogen-bond donors (Lipinski definition) is 2. The molecule has 0 atom stereocenters. The molecule has 2 rings (SSSR count). The summed E-state index contributed by atoms with van der Waals surface area (Å²) in [5.41, 5.74) is 2.54. The van der Waals surface area contributed by atoms with Crippen LogP contribution in [0.2, 0.25) is 0 Å². The van der Waals surface area contributed by atoms with Crippen LogP contribution in [0.1, 0.15) is 64.9 Å². The first-order valence-corrected chi connectivity index (χ1v) is 10.1. The molecule has 0 heterocycles. The number of nitrogens with one attached hydrogen (secondary N) is 2. The molecule has 146 valence electrons. The van der Waals surface area contributed by atoms with Gasteiger partial charge in [0.25, 0.3) is 0 Å². The Bertz CT molecular complexity index is 559. The summed E-state index contributed by atoms with van der Waals surface area (Å²) in [6.07, 6.45) is 7.93. The lowest BCUT2D eigenvalue weighted by molar-refractivity contribution is 0.178. The molecule has 1 saturated carbocycles. The van der Waals surface area contributed by atoms with E-state index >= 15 is 0 Å². The molecule has 4 heteroatoms. The monoisotopic (exact) mass is 359 g/mol. The molecule has 0 aliphatic heterocycles. The zero-order valence-electron chi connectivity index (χ0n) is 17.3. The van der Waals surface area contributed by atoms with Crippen molar-refractivity contribution in [3.63, 3.8) is 0 Å². The molecule has 1 aromatic carbocycles. The molecule has 1 aliphatic rings. The molecule has 2 amide bonds. The number of carbonyl (C=O) groups is 1. The van der Waals surface area contributed by atoms with Gasteiger partial charge in [0.1, 0.15) is 0 Å². The fraction of sp³-hybridized carbons (Fsp3) is 0.682. The van der Waals surface area contributed by atoms with Crippen molar-refractivity contribution < 1.29 is 4.79 Å². The second kappa shape index (κ2) is 9.40. The summed E-state index contributed by atoms with van der Waals surface area (Å²) in [5, 5.41) is 6.39. The van der Waals surface area contributed by atoms with Gasteiger partial charge in [-0.15, -0.1) is 0 Å². The maximum atomic E-state index is 12.6. The van der Waals surface area contributed by atoms with Crippen LogP contribution in [-0.4, -0.2) is 37.1 Å². The number of urea groups is 1. The first-order chi connectivity index (χ1) is 12.3. The lowest BCUT2D eigenvalue weighted by atomic mass is 9.82. The Balaban J connectivity index is 1.87. The van der Waals surface area contributed by atoms with E-state index in [1.54, 1.807) is 0 Å². The van der Waals surface area contributed by atoms with Gasteiger partial charge < -0.3 is 15.5 Å². The Morgan fingerprint density at radius 1 is 1.15 bits per heavy atom. The van der Waals surface area contributed by atoms with E-state index in [1.165, 1.54) is 18.4 Å². The fourth-order valence-corrected chi connectivity index (χ4v) is 4.15. The van der Waals surface area contributed by atoms with E-state index in [2.05, 4.69) is 43.5 Å². The summed E-state index contributed by atoms with van der Waals surface area (Å²) in [6.45, 7) is 6.88. The van der Waals surface area contributed by atoms with Gasteiger partial charge in [-0.2, -0.15) is 0 Å². The average Bonchev–Trinajstić information content (AvgIpc) is 2.62. The van der Waals surface area contributed by atoms with Crippen LogP contribution in [0.3, 0.4) is 0 Å². The Kier molecular flexibility index (Phi) is 7.51.